The van der Waals surface area contributed by atoms with Gasteiger partial charge in [-0.2, -0.15) is 0 Å². The first kappa shape index (κ1) is 17.3. The van der Waals surface area contributed by atoms with E-state index < -0.39 is 0 Å². The van der Waals surface area contributed by atoms with Gasteiger partial charge in [-0.3, -0.25) is 4.79 Å². The Morgan fingerprint density at radius 3 is 2.36 bits per heavy atom. The lowest BCUT2D eigenvalue weighted by Gasteiger charge is -2.31. The molecule has 0 bridgehead atoms. The minimum atomic E-state index is -0.317. The van der Waals surface area contributed by atoms with Gasteiger partial charge in [0.1, 0.15) is 5.75 Å². The Bertz CT molecular complexity index is 1130. The van der Waals surface area contributed by atoms with Crippen LogP contribution >= 0.6 is 12.6 Å². The molecule has 2 aliphatic heterocycles. The summed E-state index contributed by atoms with van der Waals surface area (Å²) < 4.78 is 5.49. The molecular formula is C22H18N2O3S. The third kappa shape index (κ3) is 2.60. The fourth-order valence-corrected chi connectivity index (χ4v) is 4.15. The molecule has 0 saturated carbocycles. The van der Waals surface area contributed by atoms with Crippen LogP contribution in [0.1, 0.15) is 21.5 Å². The number of hydrogen-bond donors (Lipinski definition) is 2. The maximum Gasteiger partial charge on any atom is 0.280 e. The summed E-state index contributed by atoms with van der Waals surface area (Å²) in [5.74, 6) is -0.218. The fourth-order valence-electron chi connectivity index (χ4n) is 4.00. The molecule has 1 amide bonds. The molecule has 5 rings (SSSR count). The van der Waals surface area contributed by atoms with Gasteiger partial charge in [-0.25, -0.2) is 4.99 Å². The van der Waals surface area contributed by atoms with E-state index in [1.807, 2.05) is 48.5 Å². The third-order valence-electron chi connectivity index (χ3n) is 5.29. The van der Waals surface area contributed by atoms with Crippen LogP contribution in [0.25, 0.3) is 10.8 Å². The number of benzene rings is 3. The monoisotopic (exact) mass is 390 g/mol. The largest absolute Gasteiger partial charge is 0.507 e. The SMILES string of the molecule is O=C1N=C(c2ccc(S)cc2)c2c1c(N1CCOCC1)c1ccccc1c2O. The lowest BCUT2D eigenvalue weighted by molar-refractivity contribution is 0.100. The van der Waals surface area contributed by atoms with Crippen LogP contribution in [0.3, 0.4) is 0 Å². The highest BCUT2D eigenvalue weighted by atomic mass is 32.1. The molecule has 3 aromatic carbocycles. The zero-order valence-electron chi connectivity index (χ0n) is 15.1. The molecule has 0 spiro atoms. The number of aromatic hydroxyl groups is 1. The molecule has 5 nitrogen and oxygen atoms in total. The van der Waals surface area contributed by atoms with E-state index in [-0.39, 0.29) is 11.7 Å². The number of thiol groups is 1. The van der Waals surface area contributed by atoms with Crippen molar-refractivity contribution in [3.05, 3.63) is 65.2 Å². The normalized spacial score (nSPS) is 16.4. The second-order valence-electron chi connectivity index (χ2n) is 6.90. The van der Waals surface area contributed by atoms with Gasteiger partial charge in [0.15, 0.2) is 0 Å². The van der Waals surface area contributed by atoms with Crippen molar-refractivity contribution >= 4 is 40.7 Å². The highest BCUT2D eigenvalue weighted by Gasteiger charge is 2.34. The zero-order chi connectivity index (χ0) is 19.3. The molecule has 140 valence electrons. The number of nitrogens with zero attached hydrogens (tertiary/aromatic N) is 2. The van der Waals surface area contributed by atoms with E-state index in [9.17, 15) is 9.90 Å². The minimum absolute atomic E-state index is 0.0992. The van der Waals surface area contributed by atoms with Gasteiger partial charge < -0.3 is 14.7 Å². The van der Waals surface area contributed by atoms with Gasteiger partial charge in [-0.1, -0.05) is 36.4 Å². The van der Waals surface area contributed by atoms with E-state index >= 15 is 0 Å². The molecule has 0 aromatic heterocycles. The Balaban J connectivity index is 1.80. The first-order valence-electron chi connectivity index (χ1n) is 9.18. The summed E-state index contributed by atoms with van der Waals surface area (Å²) in [6.07, 6.45) is 0. The molecule has 3 aromatic rings. The highest BCUT2D eigenvalue weighted by Crippen LogP contribution is 2.44. The van der Waals surface area contributed by atoms with Crippen LogP contribution in [-0.4, -0.2) is 43.0 Å². The molecule has 1 saturated heterocycles. The highest BCUT2D eigenvalue weighted by molar-refractivity contribution is 7.80. The molecule has 0 radical (unpaired) electrons. The van der Waals surface area contributed by atoms with Crippen molar-refractivity contribution in [3.63, 3.8) is 0 Å². The zero-order valence-corrected chi connectivity index (χ0v) is 15.9. The summed E-state index contributed by atoms with van der Waals surface area (Å²) >= 11 is 4.33. The first-order chi connectivity index (χ1) is 13.6. The molecule has 2 aliphatic rings. The van der Waals surface area contributed by atoms with E-state index in [0.29, 0.717) is 43.1 Å². The van der Waals surface area contributed by atoms with Crippen molar-refractivity contribution in [2.45, 2.75) is 4.90 Å². The molecular weight excluding hydrogens is 372 g/mol. The van der Waals surface area contributed by atoms with Gasteiger partial charge in [-0.15, -0.1) is 12.6 Å². The molecule has 28 heavy (non-hydrogen) atoms. The number of rotatable bonds is 2. The Hall–Kier alpha value is -2.83. The summed E-state index contributed by atoms with van der Waals surface area (Å²) in [6, 6.07) is 15.1. The van der Waals surface area contributed by atoms with Gasteiger partial charge in [0.2, 0.25) is 0 Å². The number of hydrogen-bond acceptors (Lipinski definition) is 5. The van der Waals surface area contributed by atoms with Crippen molar-refractivity contribution in [1.29, 1.82) is 0 Å². The Kier molecular flexibility index (Phi) is 4.10. The summed E-state index contributed by atoms with van der Waals surface area (Å²) in [4.78, 5) is 20.3. The van der Waals surface area contributed by atoms with Crippen LogP contribution in [0.2, 0.25) is 0 Å². The number of carbonyl (C=O) groups excluding carboxylic acids is 1. The number of fused-ring (bicyclic) bond motifs is 2. The standard InChI is InChI=1S/C22H18N2O3S/c25-21-16-4-2-1-3-15(16)20(24-9-11-27-12-10-24)18-17(21)19(23-22(18)26)13-5-7-14(28)8-6-13/h1-8,25,28H,9-12H2. The van der Waals surface area contributed by atoms with Crippen LogP contribution in [0.4, 0.5) is 5.69 Å². The predicted molar refractivity (Wildman–Crippen MR) is 112 cm³/mol. The summed E-state index contributed by atoms with van der Waals surface area (Å²) in [7, 11) is 0. The van der Waals surface area contributed by atoms with E-state index in [2.05, 4.69) is 22.5 Å². The molecule has 6 heteroatoms. The average Bonchev–Trinajstić information content (AvgIpc) is 3.07. The lowest BCUT2D eigenvalue weighted by Crippen LogP contribution is -2.37. The lowest BCUT2D eigenvalue weighted by atomic mass is 9.92. The number of aliphatic imine (C=N–C) groups is 1. The summed E-state index contributed by atoms with van der Waals surface area (Å²) in [6.45, 7) is 2.60. The van der Waals surface area contributed by atoms with Crippen LogP contribution in [0.5, 0.6) is 5.75 Å². The van der Waals surface area contributed by atoms with Gasteiger partial charge in [-0.05, 0) is 12.1 Å². The van der Waals surface area contributed by atoms with E-state index in [1.54, 1.807) is 0 Å². The number of ether oxygens (including phenoxy) is 1. The number of morpholine rings is 1. The van der Waals surface area contributed by atoms with Gasteiger partial charge in [0.25, 0.3) is 5.91 Å². The molecule has 1 fully saturated rings. The molecule has 0 unspecified atom stereocenters. The van der Waals surface area contributed by atoms with Crippen LogP contribution < -0.4 is 4.90 Å². The Labute approximate surface area is 167 Å². The molecule has 0 atom stereocenters. The maximum absolute atomic E-state index is 13.0. The quantitative estimate of drug-likeness (QED) is 0.656. The number of anilines is 1. The van der Waals surface area contributed by atoms with Crippen LogP contribution in [0, 0.1) is 0 Å². The van der Waals surface area contributed by atoms with Crippen molar-refractivity contribution in [2.75, 3.05) is 31.2 Å². The summed E-state index contributed by atoms with van der Waals surface area (Å²) in [5, 5.41) is 12.7. The average molecular weight is 390 g/mol. The van der Waals surface area contributed by atoms with Crippen molar-refractivity contribution < 1.29 is 14.6 Å². The maximum atomic E-state index is 13.0. The van der Waals surface area contributed by atoms with Crippen molar-refractivity contribution in [2.24, 2.45) is 4.99 Å². The van der Waals surface area contributed by atoms with Gasteiger partial charge >= 0.3 is 0 Å². The second-order valence-corrected chi connectivity index (χ2v) is 7.42. The Morgan fingerprint density at radius 1 is 0.964 bits per heavy atom. The smallest absolute Gasteiger partial charge is 0.280 e. The van der Waals surface area contributed by atoms with Gasteiger partial charge in [0.05, 0.1) is 35.7 Å². The van der Waals surface area contributed by atoms with E-state index in [4.69, 9.17) is 4.74 Å². The molecule has 1 N–H and O–H groups in total. The van der Waals surface area contributed by atoms with Crippen molar-refractivity contribution in [3.8, 4) is 5.75 Å². The second kappa shape index (κ2) is 6.65. The predicted octanol–water partition coefficient (Wildman–Crippen LogP) is 3.66. The Morgan fingerprint density at radius 2 is 1.64 bits per heavy atom. The van der Waals surface area contributed by atoms with Crippen LogP contribution in [-0.2, 0) is 4.74 Å². The number of amides is 1. The van der Waals surface area contributed by atoms with Gasteiger partial charge in [0, 0.05) is 34.3 Å². The molecule has 2 heterocycles. The number of phenols is 1. The van der Waals surface area contributed by atoms with Crippen molar-refractivity contribution in [1.82, 2.24) is 0 Å². The number of carbonyl (C=O) groups is 1. The summed E-state index contributed by atoms with van der Waals surface area (Å²) in [5.41, 5.74) is 3.11. The topological polar surface area (TPSA) is 62.1 Å². The van der Waals surface area contributed by atoms with E-state index in [0.717, 1.165) is 26.9 Å². The third-order valence-corrected chi connectivity index (χ3v) is 5.59. The van der Waals surface area contributed by atoms with E-state index in [1.165, 1.54) is 0 Å². The fraction of sp³-hybridized carbons (Fsp3) is 0.182. The minimum Gasteiger partial charge on any atom is -0.507 e. The van der Waals surface area contributed by atoms with Crippen LogP contribution in [0.15, 0.2) is 58.4 Å². The number of phenolic OH excluding ortho intramolecular Hbond substituents is 1. The molecule has 0 aliphatic carbocycles. The first-order valence-corrected chi connectivity index (χ1v) is 9.63.